The minimum absolute atomic E-state index is 0.0243. The van der Waals surface area contributed by atoms with Crippen molar-refractivity contribution in [1.29, 1.82) is 0 Å². The van der Waals surface area contributed by atoms with Gasteiger partial charge in [-0.25, -0.2) is 0 Å². The van der Waals surface area contributed by atoms with Crippen molar-refractivity contribution >= 4 is 17.5 Å². The van der Waals surface area contributed by atoms with Gasteiger partial charge in [0, 0.05) is 55.1 Å². The number of benzene rings is 3. The average Bonchev–Trinajstić information content (AvgIpc) is 3.52. The number of anilines is 1. The van der Waals surface area contributed by atoms with Gasteiger partial charge in [-0.2, -0.15) is 0 Å². The Morgan fingerprint density at radius 3 is 2.49 bits per heavy atom. The Kier molecular flexibility index (Phi) is 6.18. The highest BCUT2D eigenvalue weighted by Crippen LogP contribution is 2.38. The van der Waals surface area contributed by atoms with Gasteiger partial charge in [0.2, 0.25) is 6.79 Å². The van der Waals surface area contributed by atoms with Crippen LogP contribution in [0.3, 0.4) is 0 Å². The van der Waals surface area contributed by atoms with Crippen LogP contribution in [0.5, 0.6) is 11.5 Å². The topological polar surface area (TPSA) is 74.4 Å². The predicted molar refractivity (Wildman–Crippen MR) is 140 cm³/mol. The molecule has 0 aliphatic carbocycles. The highest BCUT2D eigenvalue weighted by Gasteiger charge is 2.36. The summed E-state index contributed by atoms with van der Waals surface area (Å²) in [6, 6.07) is 21.0. The molecule has 8 heteroatoms. The third-order valence-corrected chi connectivity index (χ3v) is 7.39. The molecule has 3 aromatic rings. The highest BCUT2D eigenvalue weighted by molar-refractivity contribution is 5.99. The summed E-state index contributed by atoms with van der Waals surface area (Å²) in [4.78, 5) is 32.5. The first-order chi connectivity index (χ1) is 18.1. The van der Waals surface area contributed by atoms with Gasteiger partial charge in [0.15, 0.2) is 11.5 Å². The summed E-state index contributed by atoms with van der Waals surface area (Å²) < 4.78 is 11.0. The van der Waals surface area contributed by atoms with Crippen molar-refractivity contribution in [2.24, 2.45) is 0 Å². The number of amides is 2. The second-order valence-electron chi connectivity index (χ2n) is 9.56. The Bertz CT molecular complexity index is 1320. The number of nitrogens with one attached hydrogen (secondary N) is 1. The molecule has 1 fully saturated rings. The second-order valence-corrected chi connectivity index (χ2v) is 9.56. The van der Waals surface area contributed by atoms with E-state index < -0.39 is 0 Å². The molecule has 3 aliphatic heterocycles. The van der Waals surface area contributed by atoms with E-state index in [9.17, 15) is 9.59 Å². The Balaban J connectivity index is 1.20. The molecular formula is C29H30N4O4. The van der Waals surface area contributed by atoms with Gasteiger partial charge >= 0.3 is 0 Å². The third-order valence-electron chi connectivity index (χ3n) is 7.39. The van der Waals surface area contributed by atoms with E-state index in [0.29, 0.717) is 23.4 Å². The van der Waals surface area contributed by atoms with Crippen molar-refractivity contribution in [3.8, 4) is 11.5 Å². The van der Waals surface area contributed by atoms with Crippen LogP contribution in [0.4, 0.5) is 5.69 Å². The van der Waals surface area contributed by atoms with E-state index >= 15 is 0 Å². The van der Waals surface area contributed by atoms with Gasteiger partial charge in [-0.1, -0.05) is 31.2 Å². The van der Waals surface area contributed by atoms with E-state index in [1.807, 2.05) is 76.5 Å². The van der Waals surface area contributed by atoms with Crippen molar-refractivity contribution in [2.45, 2.75) is 19.6 Å². The number of piperazine rings is 1. The number of nitrogens with zero attached hydrogens (tertiary/aromatic N) is 3. The maximum Gasteiger partial charge on any atom is 0.256 e. The molecule has 1 unspecified atom stereocenters. The monoisotopic (exact) mass is 498 g/mol. The van der Waals surface area contributed by atoms with Gasteiger partial charge in [-0.15, -0.1) is 0 Å². The predicted octanol–water partition coefficient (Wildman–Crippen LogP) is 3.96. The van der Waals surface area contributed by atoms with Crippen LogP contribution in [0.1, 0.15) is 44.9 Å². The van der Waals surface area contributed by atoms with Gasteiger partial charge in [0.25, 0.3) is 11.8 Å². The lowest BCUT2D eigenvalue weighted by Crippen LogP contribution is -2.48. The molecule has 1 atom stereocenters. The second kappa shape index (κ2) is 9.78. The summed E-state index contributed by atoms with van der Waals surface area (Å²) in [5.41, 5.74) is 4.11. The van der Waals surface area contributed by atoms with Crippen LogP contribution in [-0.4, -0.2) is 66.0 Å². The Labute approximate surface area is 216 Å². The number of carbonyl (C=O) groups is 2. The number of carbonyl (C=O) groups excluding carboxylic acids is 2. The molecule has 0 aromatic heterocycles. The first-order valence-corrected chi connectivity index (χ1v) is 12.8. The van der Waals surface area contributed by atoms with Gasteiger partial charge < -0.3 is 29.5 Å². The SMILES string of the molecule is CCN1CCN(C(=O)c2ccc(NC3c4ccccc4C(=O)N3Cc3ccc4c(c3)OCO4)cc2)CC1. The van der Waals surface area contributed by atoms with Gasteiger partial charge in [0.05, 0.1) is 0 Å². The van der Waals surface area contributed by atoms with E-state index in [1.54, 1.807) is 0 Å². The van der Waals surface area contributed by atoms with Gasteiger partial charge in [0.1, 0.15) is 6.17 Å². The lowest BCUT2D eigenvalue weighted by Gasteiger charge is -2.34. The number of fused-ring (bicyclic) bond motifs is 2. The summed E-state index contributed by atoms with van der Waals surface area (Å²) >= 11 is 0. The number of ether oxygens (including phenoxy) is 2. The van der Waals surface area contributed by atoms with Crippen LogP contribution >= 0.6 is 0 Å². The summed E-state index contributed by atoms with van der Waals surface area (Å²) in [6.07, 6.45) is -0.335. The van der Waals surface area contributed by atoms with E-state index in [1.165, 1.54) is 0 Å². The first kappa shape index (κ1) is 23.4. The first-order valence-electron chi connectivity index (χ1n) is 12.8. The number of hydrogen-bond acceptors (Lipinski definition) is 6. The fraction of sp³-hybridized carbons (Fsp3) is 0.310. The van der Waals surface area contributed by atoms with Gasteiger partial charge in [-0.3, -0.25) is 9.59 Å². The molecule has 190 valence electrons. The minimum Gasteiger partial charge on any atom is -0.454 e. The molecule has 1 saturated heterocycles. The lowest BCUT2D eigenvalue weighted by atomic mass is 10.1. The van der Waals surface area contributed by atoms with Crippen molar-refractivity contribution < 1.29 is 19.1 Å². The minimum atomic E-state index is -0.335. The molecule has 0 saturated carbocycles. The van der Waals surface area contributed by atoms with Crippen molar-refractivity contribution in [3.63, 3.8) is 0 Å². The Hall–Kier alpha value is -4.04. The largest absolute Gasteiger partial charge is 0.454 e. The molecule has 3 aliphatic rings. The van der Waals surface area contributed by atoms with Crippen LogP contribution in [-0.2, 0) is 6.54 Å². The van der Waals surface area contributed by atoms with Crippen LogP contribution < -0.4 is 14.8 Å². The van der Waals surface area contributed by atoms with E-state index in [2.05, 4.69) is 17.1 Å². The summed E-state index contributed by atoms with van der Waals surface area (Å²) in [5, 5.41) is 3.53. The summed E-state index contributed by atoms with van der Waals surface area (Å²) in [6.45, 7) is 7.13. The van der Waals surface area contributed by atoms with Crippen LogP contribution in [0.15, 0.2) is 66.7 Å². The quantitative estimate of drug-likeness (QED) is 0.555. The molecule has 3 heterocycles. The van der Waals surface area contributed by atoms with Crippen molar-refractivity contribution in [3.05, 3.63) is 89.0 Å². The zero-order chi connectivity index (χ0) is 25.4. The molecular weight excluding hydrogens is 468 g/mol. The fourth-order valence-electron chi connectivity index (χ4n) is 5.24. The van der Waals surface area contributed by atoms with E-state index in [-0.39, 0.29) is 24.8 Å². The van der Waals surface area contributed by atoms with Crippen LogP contribution in [0.25, 0.3) is 0 Å². The zero-order valence-corrected chi connectivity index (χ0v) is 20.9. The lowest BCUT2D eigenvalue weighted by molar-refractivity contribution is 0.0643. The molecule has 0 radical (unpaired) electrons. The normalized spacial score (nSPS) is 18.7. The molecule has 2 amide bonds. The molecule has 6 rings (SSSR count). The fourth-order valence-corrected chi connectivity index (χ4v) is 5.24. The number of rotatable bonds is 6. The molecule has 37 heavy (non-hydrogen) atoms. The maximum atomic E-state index is 13.4. The molecule has 1 N–H and O–H groups in total. The molecule has 3 aromatic carbocycles. The van der Waals surface area contributed by atoms with E-state index in [0.717, 1.165) is 55.3 Å². The Morgan fingerprint density at radius 1 is 0.946 bits per heavy atom. The van der Waals surface area contributed by atoms with Crippen LogP contribution in [0, 0.1) is 0 Å². The highest BCUT2D eigenvalue weighted by atomic mass is 16.7. The summed E-state index contributed by atoms with van der Waals surface area (Å²) in [7, 11) is 0. The average molecular weight is 499 g/mol. The standard InChI is InChI=1S/C29H30N4O4/c1-2-31-13-15-32(16-14-31)28(34)21-8-10-22(11-9-21)30-27-23-5-3-4-6-24(23)29(35)33(27)18-20-7-12-25-26(17-20)37-19-36-25/h3-12,17,27,30H,2,13-16,18-19H2,1H3. The Morgan fingerprint density at radius 2 is 1.70 bits per heavy atom. The van der Waals surface area contributed by atoms with Gasteiger partial charge in [-0.05, 0) is 54.6 Å². The molecule has 0 bridgehead atoms. The summed E-state index contributed by atoms with van der Waals surface area (Å²) in [5.74, 6) is 1.45. The van der Waals surface area contributed by atoms with Crippen molar-refractivity contribution in [2.75, 3.05) is 44.8 Å². The molecule has 0 spiro atoms. The number of likely N-dealkylation sites (N-methyl/N-ethyl adjacent to an activating group) is 1. The smallest absolute Gasteiger partial charge is 0.256 e. The van der Waals surface area contributed by atoms with E-state index in [4.69, 9.17) is 9.47 Å². The van der Waals surface area contributed by atoms with Crippen molar-refractivity contribution in [1.82, 2.24) is 14.7 Å². The molecule has 8 nitrogen and oxygen atoms in total. The maximum absolute atomic E-state index is 13.4. The number of hydrogen-bond donors (Lipinski definition) is 1. The third kappa shape index (κ3) is 4.49. The zero-order valence-electron chi connectivity index (χ0n) is 20.9. The van der Waals surface area contributed by atoms with Crippen LogP contribution in [0.2, 0.25) is 0 Å².